The van der Waals surface area contributed by atoms with E-state index in [0.717, 1.165) is 0 Å². The topological polar surface area (TPSA) is 32.3 Å². The van der Waals surface area contributed by atoms with Gasteiger partial charge in [0.2, 0.25) is 5.91 Å². The molecule has 0 aliphatic carbocycles. The predicted molar refractivity (Wildman–Crippen MR) is 68.3 cm³/mol. The number of carbonyl (C=O) groups excluding carboxylic acids is 1. The average Bonchev–Trinajstić information content (AvgIpc) is 2.60. The van der Waals surface area contributed by atoms with Gasteiger partial charge in [-0.1, -0.05) is 39.0 Å². The van der Waals surface area contributed by atoms with Gasteiger partial charge < -0.3 is 4.90 Å². The lowest BCUT2D eigenvalue weighted by Crippen LogP contribution is -2.37. The van der Waals surface area contributed by atoms with Crippen molar-refractivity contribution >= 4 is 5.91 Å². The fourth-order valence-corrected chi connectivity index (χ4v) is 2.20. The summed E-state index contributed by atoms with van der Waals surface area (Å²) in [6.45, 7) is 7.08. The predicted octanol–water partition coefficient (Wildman–Crippen LogP) is 2.30. The maximum Gasteiger partial charge on any atom is 0.238 e. The zero-order valence-electron chi connectivity index (χ0n) is 11.0. The molecule has 1 aromatic rings. The minimum atomic E-state index is -0.349. The molecule has 0 aromatic heterocycles. The molecule has 98 valence electrons. The quantitative estimate of drug-likeness (QED) is 0.873. The van der Waals surface area contributed by atoms with Crippen molar-refractivity contribution < 1.29 is 9.18 Å². The van der Waals surface area contributed by atoms with E-state index >= 15 is 0 Å². The Morgan fingerprint density at radius 1 is 1.39 bits per heavy atom. The van der Waals surface area contributed by atoms with Crippen LogP contribution >= 0.6 is 0 Å². The van der Waals surface area contributed by atoms with Crippen LogP contribution in [-0.4, -0.2) is 23.9 Å². The highest BCUT2D eigenvalue weighted by Crippen LogP contribution is 2.28. The molecule has 1 amide bonds. The van der Waals surface area contributed by atoms with Gasteiger partial charge in [0.1, 0.15) is 12.0 Å². The number of carbonyl (C=O) groups is 1. The van der Waals surface area contributed by atoms with Crippen LogP contribution in [0.2, 0.25) is 0 Å². The van der Waals surface area contributed by atoms with Crippen molar-refractivity contribution in [2.24, 2.45) is 5.41 Å². The molecule has 1 fully saturated rings. The molecule has 3 nitrogen and oxygen atoms in total. The monoisotopic (exact) mass is 250 g/mol. The molecule has 2 rings (SSSR count). The summed E-state index contributed by atoms with van der Waals surface area (Å²) in [7, 11) is 0. The largest absolute Gasteiger partial charge is 0.321 e. The zero-order chi connectivity index (χ0) is 13.3. The second-order valence-corrected chi connectivity index (χ2v) is 5.89. The molecule has 1 aliphatic rings. The third-order valence-electron chi connectivity index (χ3n) is 2.92. The SMILES string of the molecule is CC(C)(C)CN1C(=O)CNC1c1ccccc1F. The summed E-state index contributed by atoms with van der Waals surface area (Å²) in [6, 6.07) is 6.60. The van der Waals surface area contributed by atoms with Crippen LogP contribution in [0.5, 0.6) is 0 Å². The van der Waals surface area contributed by atoms with Gasteiger partial charge in [0.25, 0.3) is 0 Å². The van der Waals surface area contributed by atoms with Gasteiger partial charge in [0.15, 0.2) is 0 Å². The van der Waals surface area contributed by atoms with Gasteiger partial charge in [-0.15, -0.1) is 0 Å². The van der Waals surface area contributed by atoms with Crippen molar-refractivity contribution in [3.63, 3.8) is 0 Å². The van der Waals surface area contributed by atoms with Crippen LogP contribution in [0.4, 0.5) is 4.39 Å². The van der Waals surface area contributed by atoms with Crippen molar-refractivity contribution in [1.82, 2.24) is 10.2 Å². The van der Waals surface area contributed by atoms with Crippen LogP contribution in [0.25, 0.3) is 0 Å². The second-order valence-electron chi connectivity index (χ2n) is 5.89. The Balaban J connectivity index is 2.27. The number of benzene rings is 1. The van der Waals surface area contributed by atoms with E-state index in [-0.39, 0.29) is 29.8 Å². The summed E-state index contributed by atoms with van der Waals surface area (Å²) >= 11 is 0. The van der Waals surface area contributed by atoms with Gasteiger partial charge in [-0.2, -0.15) is 0 Å². The average molecular weight is 250 g/mol. The molecule has 1 aliphatic heterocycles. The molecular weight excluding hydrogens is 231 g/mol. The fourth-order valence-electron chi connectivity index (χ4n) is 2.20. The van der Waals surface area contributed by atoms with E-state index in [1.54, 1.807) is 23.1 Å². The first-order valence-electron chi connectivity index (χ1n) is 6.16. The van der Waals surface area contributed by atoms with Crippen molar-refractivity contribution in [2.45, 2.75) is 26.9 Å². The van der Waals surface area contributed by atoms with Crippen LogP contribution in [0, 0.1) is 11.2 Å². The van der Waals surface area contributed by atoms with E-state index in [4.69, 9.17) is 0 Å². The zero-order valence-corrected chi connectivity index (χ0v) is 11.0. The molecule has 4 heteroatoms. The standard InChI is InChI=1S/C14H19FN2O/c1-14(2,3)9-17-12(18)8-16-13(17)10-6-4-5-7-11(10)15/h4-7,13,16H,8-9H2,1-3H3. The minimum Gasteiger partial charge on any atom is -0.321 e. The second kappa shape index (κ2) is 4.69. The van der Waals surface area contributed by atoms with E-state index in [1.165, 1.54) is 6.07 Å². The van der Waals surface area contributed by atoms with Gasteiger partial charge in [0, 0.05) is 12.1 Å². The van der Waals surface area contributed by atoms with Crippen molar-refractivity contribution in [3.05, 3.63) is 35.6 Å². The third kappa shape index (κ3) is 2.70. The molecule has 0 spiro atoms. The van der Waals surface area contributed by atoms with Gasteiger partial charge >= 0.3 is 0 Å². The fraction of sp³-hybridized carbons (Fsp3) is 0.500. The van der Waals surface area contributed by atoms with E-state index in [9.17, 15) is 9.18 Å². The Kier molecular flexibility index (Phi) is 3.39. The van der Waals surface area contributed by atoms with Gasteiger partial charge in [-0.3, -0.25) is 10.1 Å². The van der Waals surface area contributed by atoms with Gasteiger partial charge in [-0.25, -0.2) is 4.39 Å². The first-order chi connectivity index (χ1) is 8.38. The van der Waals surface area contributed by atoms with E-state index in [2.05, 4.69) is 26.1 Å². The lowest BCUT2D eigenvalue weighted by molar-refractivity contribution is -0.129. The van der Waals surface area contributed by atoms with E-state index < -0.39 is 0 Å². The Morgan fingerprint density at radius 2 is 2.06 bits per heavy atom. The first kappa shape index (κ1) is 13.0. The van der Waals surface area contributed by atoms with Crippen molar-refractivity contribution in [3.8, 4) is 0 Å². The summed E-state index contributed by atoms with van der Waals surface area (Å²) < 4.78 is 13.8. The Labute approximate surface area is 107 Å². The first-order valence-corrected chi connectivity index (χ1v) is 6.16. The number of nitrogens with one attached hydrogen (secondary N) is 1. The molecule has 0 saturated carbocycles. The number of hydrogen-bond donors (Lipinski definition) is 1. The molecule has 1 aromatic carbocycles. The molecule has 18 heavy (non-hydrogen) atoms. The highest BCUT2D eigenvalue weighted by molar-refractivity contribution is 5.81. The Bertz CT molecular complexity index is 453. The Morgan fingerprint density at radius 3 is 2.67 bits per heavy atom. The Hall–Kier alpha value is -1.42. The van der Waals surface area contributed by atoms with Crippen LogP contribution in [0.15, 0.2) is 24.3 Å². The summed E-state index contributed by atoms with van der Waals surface area (Å²) in [5.41, 5.74) is 0.526. The molecule has 1 heterocycles. The summed E-state index contributed by atoms with van der Waals surface area (Å²) in [5, 5.41) is 3.07. The van der Waals surface area contributed by atoms with Gasteiger partial charge in [-0.05, 0) is 11.5 Å². The number of amides is 1. The van der Waals surface area contributed by atoms with E-state index in [0.29, 0.717) is 12.1 Å². The molecule has 1 N–H and O–H groups in total. The van der Waals surface area contributed by atoms with Gasteiger partial charge in [0.05, 0.1) is 6.54 Å². The maximum atomic E-state index is 13.8. The minimum absolute atomic E-state index is 0.00874. The van der Waals surface area contributed by atoms with Crippen LogP contribution < -0.4 is 5.32 Å². The number of nitrogens with zero attached hydrogens (tertiary/aromatic N) is 1. The van der Waals surface area contributed by atoms with Crippen LogP contribution in [0.3, 0.4) is 0 Å². The summed E-state index contributed by atoms with van der Waals surface area (Å²) in [5.74, 6) is -0.248. The highest BCUT2D eigenvalue weighted by Gasteiger charge is 2.35. The van der Waals surface area contributed by atoms with Crippen LogP contribution in [0.1, 0.15) is 32.5 Å². The third-order valence-corrected chi connectivity index (χ3v) is 2.92. The lowest BCUT2D eigenvalue weighted by Gasteiger charge is -2.31. The van der Waals surface area contributed by atoms with Crippen molar-refractivity contribution in [2.75, 3.05) is 13.1 Å². The molecule has 0 radical (unpaired) electrons. The van der Waals surface area contributed by atoms with Crippen LogP contribution in [-0.2, 0) is 4.79 Å². The smallest absolute Gasteiger partial charge is 0.238 e. The maximum absolute atomic E-state index is 13.8. The number of rotatable bonds is 2. The molecule has 1 unspecified atom stereocenters. The van der Waals surface area contributed by atoms with E-state index in [1.807, 2.05) is 0 Å². The molecule has 1 saturated heterocycles. The normalized spacial score (nSPS) is 20.6. The summed E-state index contributed by atoms with van der Waals surface area (Å²) in [6.07, 6.45) is -0.349. The highest BCUT2D eigenvalue weighted by atomic mass is 19.1. The summed E-state index contributed by atoms with van der Waals surface area (Å²) in [4.78, 5) is 13.6. The number of halogens is 1. The lowest BCUT2D eigenvalue weighted by atomic mass is 9.95. The number of hydrogen-bond acceptors (Lipinski definition) is 2. The molecular formula is C14H19FN2O. The molecule has 0 bridgehead atoms. The molecule has 1 atom stereocenters. The van der Waals surface area contributed by atoms with Crippen molar-refractivity contribution in [1.29, 1.82) is 0 Å².